The molecule has 0 atom stereocenters. The van der Waals surface area contributed by atoms with E-state index in [2.05, 4.69) is 10.1 Å². The summed E-state index contributed by atoms with van der Waals surface area (Å²) in [6.45, 7) is 8.89. The predicted molar refractivity (Wildman–Crippen MR) is 109 cm³/mol. The topological polar surface area (TPSA) is 96.6 Å². The second-order valence-electron chi connectivity index (χ2n) is 7.99. The lowest BCUT2D eigenvalue weighted by molar-refractivity contribution is 0.0454. The van der Waals surface area contributed by atoms with Crippen molar-refractivity contribution in [2.24, 2.45) is 0 Å². The Bertz CT molecular complexity index is 994. The molecule has 1 aliphatic rings. The van der Waals surface area contributed by atoms with E-state index in [-0.39, 0.29) is 24.4 Å². The lowest BCUT2D eigenvalue weighted by atomic mass is 10.0. The summed E-state index contributed by atoms with van der Waals surface area (Å²) >= 11 is 0. The molecule has 29 heavy (non-hydrogen) atoms. The fourth-order valence-electron chi connectivity index (χ4n) is 3.29. The van der Waals surface area contributed by atoms with Crippen molar-refractivity contribution < 1.29 is 17.7 Å². The molecule has 1 fully saturated rings. The fraction of sp³-hybridized carbons (Fsp3) is 0.550. The molecule has 3 rings (SSSR count). The number of hydrogen-bond donors (Lipinski definition) is 0. The minimum absolute atomic E-state index is 0.0717. The molecule has 0 aliphatic carbocycles. The van der Waals surface area contributed by atoms with Crippen LogP contribution >= 0.6 is 0 Å². The molecule has 1 aliphatic heterocycles. The van der Waals surface area contributed by atoms with Gasteiger partial charge in [0.25, 0.3) is 5.91 Å². The first-order valence-electron chi connectivity index (χ1n) is 9.72. The molecule has 0 radical (unpaired) electrons. The molecule has 2 heterocycles. The molecular formula is C20H28N4O4S. The van der Waals surface area contributed by atoms with E-state index in [1.165, 1.54) is 10.6 Å². The number of sulfonamides is 1. The molecule has 0 bridgehead atoms. The molecule has 0 unspecified atom stereocenters. The van der Waals surface area contributed by atoms with Crippen LogP contribution in [0.25, 0.3) is 0 Å². The lowest BCUT2D eigenvalue weighted by Gasteiger charge is -2.44. The highest BCUT2D eigenvalue weighted by atomic mass is 32.2. The monoisotopic (exact) mass is 420 g/mol. The Morgan fingerprint density at radius 2 is 1.97 bits per heavy atom. The van der Waals surface area contributed by atoms with Gasteiger partial charge in [-0.25, -0.2) is 8.42 Å². The minimum atomic E-state index is -3.42. The number of amides is 1. The van der Waals surface area contributed by atoms with E-state index in [4.69, 9.17) is 4.52 Å². The van der Waals surface area contributed by atoms with Gasteiger partial charge in [0, 0.05) is 37.5 Å². The van der Waals surface area contributed by atoms with Crippen molar-refractivity contribution in [3.05, 3.63) is 46.6 Å². The van der Waals surface area contributed by atoms with E-state index in [1.54, 1.807) is 4.90 Å². The molecule has 158 valence electrons. The standard InChI is InChI=1S/C20H28N4O4S/c1-13(2)19-21-18(22-28-19)8-9-24(29(5,26)27)17-11-23(12-17)20(25)16-7-6-14(3)15(4)10-16/h6-7,10,13,17H,8-9,11-12H2,1-5H3. The molecule has 1 aromatic carbocycles. The van der Waals surface area contributed by atoms with Crippen molar-refractivity contribution in [1.29, 1.82) is 0 Å². The largest absolute Gasteiger partial charge is 0.339 e. The lowest BCUT2D eigenvalue weighted by Crippen LogP contribution is -2.62. The average molecular weight is 421 g/mol. The molecule has 0 spiro atoms. The fourth-order valence-corrected chi connectivity index (χ4v) is 4.39. The number of aromatic nitrogens is 2. The van der Waals surface area contributed by atoms with Gasteiger partial charge in [0.2, 0.25) is 15.9 Å². The van der Waals surface area contributed by atoms with E-state index in [9.17, 15) is 13.2 Å². The van der Waals surface area contributed by atoms with Crippen LogP contribution in [0.1, 0.15) is 53.0 Å². The first-order valence-corrected chi connectivity index (χ1v) is 11.6. The van der Waals surface area contributed by atoms with E-state index in [0.717, 1.165) is 11.1 Å². The van der Waals surface area contributed by atoms with Gasteiger partial charge in [0.05, 0.1) is 12.3 Å². The number of hydrogen-bond acceptors (Lipinski definition) is 6. The summed E-state index contributed by atoms with van der Waals surface area (Å²) in [7, 11) is -3.42. The van der Waals surface area contributed by atoms with Crippen LogP contribution in [0.3, 0.4) is 0 Å². The molecule has 2 aromatic rings. The summed E-state index contributed by atoms with van der Waals surface area (Å²) in [5, 5.41) is 3.92. The van der Waals surface area contributed by atoms with Gasteiger partial charge < -0.3 is 9.42 Å². The van der Waals surface area contributed by atoms with Crippen molar-refractivity contribution >= 4 is 15.9 Å². The van der Waals surface area contributed by atoms with Crippen LogP contribution < -0.4 is 0 Å². The van der Waals surface area contributed by atoms with Gasteiger partial charge in [0.15, 0.2) is 5.82 Å². The number of likely N-dealkylation sites (tertiary alicyclic amines) is 1. The van der Waals surface area contributed by atoms with E-state index < -0.39 is 10.0 Å². The SMILES string of the molecule is Cc1ccc(C(=O)N2CC(N(CCc3noc(C(C)C)n3)S(C)(=O)=O)C2)cc1C. The van der Waals surface area contributed by atoms with Gasteiger partial charge in [-0.05, 0) is 37.1 Å². The maximum atomic E-state index is 12.7. The Labute approximate surface area is 171 Å². The average Bonchev–Trinajstić information content (AvgIpc) is 3.06. The highest BCUT2D eigenvalue weighted by molar-refractivity contribution is 7.88. The Hall–Kier alpha value is -2.26. The van der Waals surface area contributed by atoms with Crippen molar-refractivity contribution in [2.75, 3.05) is 25.9 Å². The van der Waals surface area contributed by atoms with E-state index in [0.29, 0.717) is 36.8 Å². The quantitative estimate of drug-likeness (QED) is 0.681. The second kappa shape index (κ2) is 8.23. The van der Waals surface area contributed by atoms with Gasteiger partial charge in [-0.2, -0.15) is 9.29 Å². The van der Waals surface area contributed by atoms with Gasteiger partial charge in [-0.15, -0.1) is 0 Å². The summed E-state index contributed by atoms with van der Waals surface area (Å²) < 4.78 is 31.2. The summed E-state index contributed by atoms with van der Waals surface area (Å²) in [5.41, 5.74) is 2.82. The first kappa shape index (κ1) is 21.4. The van der Waals surface area contributed by atoms with Crippen molar-refractivity contribution in [2.45, 2.75) is 46.1 Å². The maximum Gasteiger partial charge on any atom is 0.253 e. The third kappa shape index (κ3) is 4.84. The number of benzene rings is 1. The Morgan fingerprint density at radius 1 is 1.28 bits per heavy atom. The summed E-state index contributed by atoms with van der Waals surface area (Å²) in [6, 6.07) is 5.38. The normalized spacial score (nSPS) is 15.2. The first-order chi connectivity index (χ1) is 13.6. The zero-order valence-electron chi connectivity index (χ0n) is 17.5. The van der Waals surface area contributed by atoms with E-state index >= 15 is 0 Å². The zero-order chi connectivity index (χ0) is 21.3. The summed E-state index contributed by atoms with van der Waals surface area (Å²) in [5.74, 6) is 1.08. The number of rotatable bonds is 7. The molecular weight excluding hydrogens is 392 g/mol. The molecule has 9 heteroatoms. The number of aryl methyl sites for hydroxylation is 2. The van der Waals surface area contributed by atoms with Crippen molar-refractivity contribution in [3.63, 3.8) is 0 Å². The van der Waals surface area contributed by atoms with Crippen molar-refractivity contribution in [3.8, 4) is 0 Å². The highest BCUT2D eigenvalue weighted by Crippen LogP contribution is 2.22. The van der Waals surface area contributed by atoms with Crippen LogP contribution in [0.15, 0.2) is 22.7 Å². The smallest absolute Gasteiger partial charge is 0.253 e. The number of carbonyl (C=O) groups excluding carboxylic acids is 1. The van der Waals surface area contributed by atoms with Crippen LogP contribution in [0.5, 0.6) is 0 Å². The molecule has 0 saturated carbocycles. The molecule has 1 saturated heterocycles. The minimum Gasteiger partial charge on any atom is -0.339 e. The Morgan fingerprint density at radius 3 is 2.52 bits per heavy atom. The number of nitrogens with zero attached hydrogens (tertiary/aromatic N) is 4. The van der Waals surface area contributed by atoms with Gasteiger partial charge >= 0.3 is 0 Å². The third-order valence-corrected chi connectivity index (χ3v) is 6.60. The maximum absolute atomic E-state index is 12.7. The zero-order valence-corrected chi connectivity index (χ0v) is 18.4. The Kier molecular flexibility index (Phi) is 6.09. The number of carbonyl (C=O) groups is 1. The van der Waals surface area contributed by atoms with Gasteiger partial charge in [-0.1, -0.05) is 25.1 Å². The molecule has 1 amide bonds. The van der Waals surface area contributed by atoms with Crippen LogP contribution in [0, 0.1) is 13.8 Å². The molecule has 0 N–H and O–H groups in total. The van der Waals surface area contributed by atoms with E-state index in [1.807, 2.05) is 45.9 Å². The Balaban J connectivity index is 1.62. The third-order valence-electron chi connectivity index (χ3n) is 5.27. The van der Waals surface area contributed by atoms with Crippen LogP contribution in [0.2, 0.25) is 0 Å². The molecule has 8 nitrogen and oxygen atoms in total. The van der Waals surface area contributed by atoms with Crippen LogP contribution in [-0.2, 0) is 16.4 Å². The van der Waals surface area contributed by atoms with Gasteiger partial charge in [0.1, 0.15) is 0 Å². The van der Waals surface area contributed by atoms with Crippen LogP contribution in [0.4, 0.5) is 0 Å². The summed E-state index contributed by atoms with van der Waals surface area (Å²) in [6.07, 6.45) is 1.56. The van der Waals surface area contributed by atoms with Crippen molar-refractivity contribution in [1.82, 2.24) is 19.3 Å². The second-order valence-corrected chi connectivity index (χ2v) is 9.93. The highest BCUT2D eigenvalue weighted by Gasteiger charge is 2.39. The summed E-state index contributed by atoms with van der Waals surface area (Å²) in [4.78, 5) is 18.7. The van der Waals surface area contributed by atoms with Gasteiger partial charge in [-0.3, -0.25) is 4.79 Å². The van der Waals surface area contributed by atoms with Crippen LogP contribution in [-0.4, -0.2) is 65.6 Å². The predicted octanol–water partition coefficient (Wildman–Crippen LogP) is 2.14. The molecule has 1 aromatic heterocycles.